The molecular formula is C16H14FNO2. The van der Waals surface area contributed by atoms with Crippen LogP contribution in [0.2, 0.25) is 0 Å². The molecule has 0 N–H and O–H groups in total. The Morgan fingerprint density at radius 3 is 2.70 bits per heavy atom. The Balaban J connectivity index is 1.72. The van der Waals surface area contributed by atoms with Crippen molar-refractivity contribution < 1.29 is 13.9 Å². The first-order valence-electron chi connectivity index (χ1n) is 6.50. The van der Waals surface area contributed by atoms with Gasteiger partial charge >= 0.3 is 6.09 Å². The van der Waals surface area contributed by atoms with Gasteiger partial charge in [-0.2, -0.15) is 0 Å². The van der Waals surface area contributed by atoms with Crippen molar-refractivity contribution in [1.82, 2.24) is 0 Å². The fourth-order valence-electron chi connectivity index (χ4n) is 2.36. The molecule has 1 heterocycles. The highest BCUT2D eigenvalue weighted by Crippen LogP contribution is 2.23. The Hall–Kier alpha value is -2.36. The molecule has 4 heteroatoms. The minimum atomic E-state index is -0.420. The fourth-order valence-corrected chi connectivity index (χ4v) is 2.36. The van der Waals surface area contributed by atoms with Crippen molar-refractivity contribution in [1.29, 1.82) is 0 Å². The van der Waals surface area contributed by atoms with E-state index >= 15 is 0 Å². The molecular weight excluding hydrogens is 257 g/mol. The molecule has 0 spiro atoms. The number of rotatable bonds is 3. The lowest BCUT2D eigenvalue weighted by atomic mass is 10.1. The number of ether oxygens (including phenoxy) is 1. The molecule has 1 amide bonds. The van der Waals surface area contributed by atoms with Crippen molar-refractivity contribution in [2.45, 2.75) is 12.5 Å². The van der Waals surface area contributed by atoms with Crippen LogP contribution in [-0.2, 0) is 11.2 Å². The van der Waals surface area contributed by atoms with Gasteiger partial charge in [0, 0.05) is 6.42 Å². The average Bonchev–Trinajstić information content (AvgIpc) is 2.81. The van der Waals surface area contributed by atoms with E-state index in [4.69, 9.17) is 4.74 Å². The zero-order valence-electron chi connectivity index (χ0n) is 10.8. The summed E-state index contributed by atoms with van der Waals surface area (Å²) >= 11 is 0. The molecule has 1 aliphatic rings. The second-order valence-electron chi connectivity index (χ2n) is 4.79. The van der Waals surface area contributed by atoms with E-state index in [1.807, 2.05) is 30.3 Å². The van der Waals surface area contributed by atoms with Crippen LogP contribution in [0.3, 0.4) is 0 Å². The van der Waals surface area contributed by atoms with Crippen LogP contribution in [0.15, 0.2) is 54.6 Å². The van der Waals surface area contributed by atoms with Crippen molar-refractivity contribution in [3.63, 3.8) is 0 Å². The molecule has 102 valence electrons. The van der Waals surface area contributed by atoms with Gasteiger partial charge in [-0.15, -0.1) is 0 Å². The Morgan fingerprint density at radius 1 is 1.15 bits per heavy atom. The van der Waals surface area contributed by atoms with Gasteiger partial charge in [-0.3, -0.25) is 4.90 Å². The minimum absolute atomic E-state index is 0.201. The maximum absolute atomic E-state index is 13.2. The fraction of sp³-hybridized carbons (Fsp3) is 0.188. The number of hydrogen-bond acceptors (Lipinski definition) is 2. The average molecular weight is 271 g/mol. The van der Waals surface area contributed by atoms with Gasteiger partial charge in [-0.25, -0.2) is 9.18 Å². The van der Waals surface area contributed by atoms with Crippen LogP contribution < -0.4 is 4.90 Å². The topological polar surface area (TPSA) is 29.5 Å². The van der Waals surface area contributed by atoms with Crippen LogP contribution in [0.5, 0.6) is 0 Å². The second kappa shape index (κ2) is 5.33. The molecule has 0 aromatic heterocycles. The molecule has 1 atom stereocenters. The molecule has 1 saturated heterocycles. The minimum Gasteiger partial charge on any atom is -0.444 e. The Labute approximate surface area is 116 Å². The number of anilines is 1. The van der Waals surface area contributed by atoms with E-state index in [0.29, 0.717) is 18.7 Å². The van der Waals surface area contributed by atoms with Crippen molar-refractivity contribution in [2.75, 3.05) is 11.4 Å². The van der Waals surface area contributed by atoms with Gasteiger partial charge < -0.3 is 4.74 Å². The highest BCUT2D eigenvalue weighted by Gasteiger charge is 2.32. The zero-order chi connectivity index (χ0) is 13.9. The molecule has 0 aliphatic carbocycles. The first kappa shape index (κ1) is 12.7. The Kier molecular flexibility index (Phi) is 3.37. The number of halogens is 1. The van der Waals surface area contributed by atoms with Gasteiger partial charge in [-0.05, 0) is 23.8 Å². The first-order chi connectivity index (χ1) is 9.72. The van der Waals surface area contributed by atoms with Crippen LogP contribution in [0.4, 0.5) is 14.9 Å². The predicted molar refractivity (Wildman–Crippen MR) is 74.2 cm³/mol. The summed E-state index contributed by atoms with van der Waals surface area (Å²) in [5.41, 5.74) is 1.65. The third kappa shape index (κ3) is 2.64. The van der Waals surface area contributed by atoms with Crippen molar-refractivity contribution >= 4 is 11.8 Å². The molecule has 1 aliphatic heterocycles. The van der Waals surface area contributed by atoms with Gasteiger partial charge in [0.05, 0.1) is 12.2 Å². The summed E-state index contributed by atoms with van der Waals surface area (Å²) in [6, 6.07) is 15.8. The predicted octanol–water partition coefficient (Wildman–Crippen LogP) is 3.39. The highest BCUT2D eigenvalue weighted by molar-refractivity contribution is 5.89. The first-order valence-corrected chi connectivity index (χ1v) is 6.50. The monoisotopic (exact) mass is 271 g/mol. The number of carbonyl (C=O) groups is 1. The van der Waals surface area contributed by atoms with Gasteiger partial charge in [0.15, 0.2) is 0 Å². The second-order valence-corrected chi connectivity index (χ2v) is 4.79. The van der Waals surface area contributed by atoms with E-state index < -0.39 is 6.09 Å². The normalized spacial score (nSPS) is 18.1. The third-order valence-corrected chi connectivity index (χ3v) is 3.30. The largest absolute Gasteiger partial charge is 0.444 e. The van der Waals surface area contributed by atoms with Gasteiger partial charge in [0.1, 0.15) is 11.9 Å². The van der Waals surface area contributed by atoms with Crippen LogP contribution in [-0.4, -0.2) is 18.7 Å². The number of hydrogen-bond donors (Lipinski definition) is 0. The smallest absolute Gasteiger partial charge is 0.414 e. The van der Waals surface area contributed by atoms with E-state index in [9.17, 15) is 9.18 Å². The summed E-state index contributed by atoms with van der Waals surface area (Å²) in [6.07, 6.45) is 0.0444. The number of carbonyl (C=O) groups excluding carboxylic acids is 1. The molecule has 1 fully saturated rings. The van der Waals surface area contributed by atoms with E-state index in [0.717, 1.165) is 5.56 Å². The quantitative estimate of drug-likeness (QED) is 0.856. The van der Waals surface area contributed by atoms with Crippen molar-refractivity contribution in [3.05, 3.63) is 66.0 Å². The van der Waals surface area contributed by atoms with E-state index in [-0.39, 0.29) is 11.9 Å². The Morgan fingerprint density at radius 2 is 1.95 bits per heavy atom. The van der Waals surface area contributed by atoms with Crippen molar-refractivity contribution in [3.8, 4) is 0 Å². The highest BCUT2D eigenvalue weighted by atomic mass is 19.1. The van der Waals surface area contributed by atoms with Gasteiger partial charge in [0.25, 0.3) is 0 Å². The Bertz CT molecular complexity index is 615. The maximum Gasteiger partial charge on any atom is 0.414 e. The summed E-state index contributed by atoms with van der Waals surface area (Å²) in [4.78, 5) is 13.3. The standard InChI is InChI=1S/C16H14FNO2/c17-13-7-4-8-14(10-13)18-11-15(20-16(18)19)9-12-5-2-1-3-6-12/h1-8,10,15H,9,11H2. The van der Waals surface area contributed by atoms with Crippen LogP contribution in [0.25, 0.3) is 0 Å². The lowest BCUT2D eigenvalue weighted by molar-refractivity contribution is 0.141. The maximum atomic E-state index is 13.2. The molecule has 0 bridgehead atoms. The van der Waals surface area contributed by atoms with Gasteiger partial charge in [0.2, 0.25) is 0 Å². The van der Waals surface area contributed by atoms with Crippen LogP contribution in [0.1, 0.15) is 5.56 Å². The summed E-state index contributed by atoms with van der Waals surface area (Å²) < 4.78 is 18.5. The molecule has 3 rings (SSSR count). The summed E-state index contributed by atoms with van der Waals surface area (Å²) in [7, 11) is 0. The number of cyclic esters (lactones) is 1. The van der Waals surface area contributed by atoms with Gasteiger partial charge in [-0.1, -0.05) is 36.4 Å². The molecule has 2 aromatic carbocycles. The molecule has 20 heavy (non-hydrogen) atoms. The molecule has 3 nitrogen and oxygen atoms in total. The SMILES string of the molecule is O=C1OC(Cc2ccccc2)CN1c1cccc(F)c1. The van der Waals surface area contributed by atoms with E-state index in [1.54, 1.807) is 12.1 Å². The lowest BCUT2D eigenvalue weighted by Gasteiger charge is -2.12. The molecule has 0 saturated carbocycles. The van der Waals surface area contributed by atoms with E-state index in [1.165, 1.54) is 17.0 Å². The molecule has 2 aromatic rings. The van der Waals surface area contributed by atoms with Crippen LogP contribution >= 0.6 is 0 Å². The summed E-state index contributed by atoms with van der Waals surface area (Å²) in [6.45, 7) is 0.442. The number of benzene rings is 2. The van der Waals surface area contributed by atoms with E-state index in [2.05, 4.69) is 0 Å². The number of amides is 1. The van der Waals surface area contributed by atoms with Crippen LogP contribution in [0, 0.1) is 5.82 Å². The molecule has 0 radical (unpaired) electrons. The third-order valence-electron chi connectivity index (χ3n) is 3.30. The summed E-state index contributed by atoms with van der Waals surface area (Å²) in [5, 5.41) is 0. The zero-order valence-corrected chi connectivity index (χ0v) is 10.8. The molecule has 1 unspecified atom stereocenters. The van der Waals surface area contributed by atoms with Crippen molar-refractivity contribution in [2.24, 2.45) is 0 Å². The lowest BCUT2D eigenvalue weighted by Crippen LogP contribution is -2.25. The summed E-state index contributed by atoms with van der Waals surface area (Å²) in [5.74, 6) is -0.359. The number of nitrogens with zero attached hydrogens (tertiary/aromatic N) is 1.